The highest BCUT2D eigenvalue weighted by Gasteiger charge is 2.11. The lowest BCUT2D eigenvalue weighted by Gasteiger charge is -2.14. The van der Waals surface area contributed by atoms with Crippen LogP contribution in [0.15, 0.2) is 42.5 Å². The van der Waals surface area contributed by atoms with Crippen molar-refractivity contribution in [2.45, 2.75) is 6.42 Å². The highest BCUT2D eigenvalue weighted by Crippen LogP contribution is 2.30. The van der Waals surface area contributed by atoms with Gasteiger partial charge in [0.15, 0.2) is 6.79 Å². The first-order valence-corrected chi connectivity index (χ1v) is 8.29. The molecule has 0 spiro atoms. The van der Waals surface area contributed by atoms with E-state index >= 15 is 0 Å². The zero-order valence-electron chi connectivity index (χ0n) is 13.6. The van der Waals surface area contributed by atoms with Crippen LogP contribution in [0.1, 0.15) is 10.4 Å². The van der Waals surface area contributed by atoms with Gasteiger partial charge in [0.05, 0.1) is 7.11 Å². The molecule has 1 aromatic heterocycles. The Bertz CT molecular complexity index is 780. The molecule has 0 saturated heterocycles. The lowest BCUT2D eigenvalue weighted by atomic mass is 9.91. The highest BCUT2D eigenvalue weighted by atomic mass is 32.1. The Hall–Kier alpha value is -1.98. The van der Waals surface area contributed by atoms with Crippen LogP contribution in [0.3, 0.4) is 0 Å². The van der Waals surface area contributed by atoms with Crippen molar-refractivity contribution in [3.05, 3.63) is 52.9 Å². The highest BCUT2D eigenvalue weighted by molar-refractivity contribution is 7.19. The molecule has 0 bridgehead atoms. The number of methoxy groups -OCH3 is 2. The van der Waals surface area contributed by atoms with Crippen molar-refractivity contribution in [3.63, 3.8) is 0 Å². The molecule has 0 aliphatic heterocycles. The van der Waals surface area contributed by atoms with Crippen LogP contribution in [0.5, 0.6) is 11.5 Å². The number of fused-ring (bicyclic) bond motifs is 1. The van der Waals surface area contributed by atoms with Gasteiger partial charge in [-0.2, -0.15) is 0 Å². The van der Waals surface area contributed by atoms with E-state index in [4.69, 9.17) is 14.2 Å². The second-order valence-corrected chi connectivity index (χ2v) is 6.58. The van der Waals surface area contributed by atoms with E-state index in [1.54, 1.807) is 14.2 Å². The molecule has 0 saturated carbocycles. The first-order chi connectivity index (χ1) is 11.2. The predicted molar refractivity (Wildman–Crippen MR) is 98.3 cm³/mol. The smallest absolute Gasteiger partial charge is 0.188 e. The molecular weight excluding hydrogens is 307 g/mol. The normalized spacial score (nSPS) is 10.9. The van der Waals surface area contributed by atoms with Crippen molar-refractivity contribution < 1.29 is 14.2 Å². The monoisotopic (exact) mass is 326 g/mol. The summed E-state index contributed by atoms with van der Waals surface area (Å²) in [6.07, 6.45) is 0.855. The second-order valence-electron chi connectivity index (χ2n) is 5.41. The SMILES string of the molecule is Bc1cc(Cc2cc3ccccc3s2)c(OC)cc1OCOC. The van der Waals surface area contributed by atoms with Crippen LogP contribution in [0, 0.1) is 0 Å². The minimum absolute atomic E-state index is 0.236. The third-order valence-corrected chi connectivity index (χ3v) is 4.87. The van der Waals surface area contributed by atoms with Crippen molar-refractivity contribution in [1.82, 2.24) is 0 Å². The quantitative estimate of drug-likeness (QED) is 0.515. The van der Waals surface area contributed by atoms with Gasteiger partial charge in [0, 0.05) is 29.2 Å². The Kier molecular flexibility index (Phi) is 4.89. The Morgan fingerprint density at radius 2 is 1.87 bits per heavy atom. The zero-order valence-corrected chi connectivity index (χ0v) is 14.4. The molecule has 0 N–H and O–H groups in total. The van der Waals surface area contributed by atoms with Gasteiger partial charge in [-0.25, -0.2) is 0 Å². The molecule has 5 heteroatoms. The molecule has 3 rings (SSSR count). The van der Waals surface area contributed by atoms with E-state index in [0.717, 1.165) is 23.4 Å². The molecule has 118 valence electrons. The standard InChI is InChI=1S/C18H19BO3S/c1-20-11-22-17-10-16(21-2)13(9-15(17)19)8-14-7-12-5-3-4-6-18(12)23-14/h3-7,9-10H,8,11,19H2,1-2H3. The van der Waals surface area contributed by atoms with Crippen LogP contribution in [0.4, 0.5) is 0 Å². The first kappa shape index (κ1) is 15.9. The van der Waals surface area contributed by atoms with Crippen LogP contribution >= 0.6 is 11.3 Å². The molecule has 3 nitrogen and oxygen atoms in total. The number of thiophene rings is 1. The minimum Gasteiger partial charge on any atom is -0.496 e. The van der Waals surface area contributed by atoms with Gasteiger partial charge in [0.1, 0.15) is 19.3 Å². The van der Waals surface area contributed by atoms with Crippen LogP contribution in [-0.2, 0) is 11.2 Å². The maximum atomic E-state index is 5.58. The van der Waals surface area contributed by atoms with Gasteiger partial charge in [0.2, 0.25) is 0 Å². The third-order valence-electron chi connectivity index (χ3n) is 3.75. The number of rotatable bonds is 6. The van der Waals surface area contributed by atoms with Crippen molar-refractivity contribution in [3.8, 4) is 11.5 Å². The Labute approximate surface area is 141 Å². The Morgan fingerprint density at radius 1 is 1.04 bits per heavy atom. The average molecular weight is 326 g/mol. The van der Waals surface area contributed by atoms with Gasteiger partial charge in [-0.1, -0.05) is 24.3 Å². The van der Waals surface area contributed by atoms with E-state index in [0.29, 0.717) is 0 Å². The van der Waals surface area contributed by atoms with E-state index in [1.165, 1.54) is 20.5 Å². The van der Waals surface area contributed by atoms with Crippen molar-refractivity contribution >= 4 is 34.7 Å². The fourth-order valence-corrected chi connectivity index (χ4v) is 3.73. The molecule has 2 aromatic carbocycles. The van der Waals surface area contributed by atoms with E-state index < -0.39 is 0 Å². The number of ether oxygens (including phenoxy) is 3. The minimum atomic E-state index is 0.236. The molecule has 0 aliphatic rings. The third kappa shape index (κ3) is 3.51. The summed E-state index contributed by atoms with van der Waals surface area (Å²) >= 11 is 1.83. The van der Waals surface area contributed by atoms with E-state index in [9.17, 15) is 0 Å². The summed E-state index contributed by atoms with van der Waals surface area (Å²) in [5.74, 6) is 1.64. The fourth-order valence-electron chi connectivity index (χ4n) is 2.65. The number of hydrogen-bond donors (Lipinski definition) is 0. The van der Waals surface area contributed by atoms with Crippen LogP contribution in [0.2, 0.25) is 0 Å². The lowest BCUT2D eigenvalue weighted by Crippen LogP contribution is -2.13. The summed E-state index contributed by atoms with van der Waals surface area (Å²) in [4.78, 5) is 1.33. The first-order valence-electron chi connectivity index (χ1n) is 7.48. The topological polar surface area (TPSA) is 27.7 Å². The second kappa shape index (κ2) is 7.07. The summed E-state index contributed by atoms with van der Waals surface area (Å²) in [6, 6.07) is 14.8. The molecule has 0 atom stereocenters. The number of benzene rings is 2. The molecular formula is C18H19BO3S. The van der Waals surface area contributed by atoms with Gasteiger partial charge in [-0.15, -0.1) is 11.3 Å². The summed E-state index contributed by atoms with van der Waals surface area (Å²) < 4.78 is 17.4. The average Bonchev–Trinajstić information content (AvgIpc) is 2.96. The molecule has 0 amide bonds. The van der Waals surface area contributed by atoms with E-state index in [1.807, 2.05) is 25.2 Å². The Morgan fingerprint density at radius 3 is 2.61 bits per heavy atom. The fraction of sp³-hybridized carbons (Fsp3) is 0.222. The largest absolute Gasteiger partial charge is 0.496 e. The van der Waals surface area contributed by atoms with Crippen molar-refractivity contribution in [1.29, 1.82) is 0 Å². The summed E-state index contributed by atoms with van der Waals surface area (Å²) in [6.45, 7) is 0.236. The van der Waals surface area contributed by atoms with Gasteiger partial charge in [0.25, 0.3) is 0 Å². The molecule has 23 heavy (non-hydrogen) atoms. The van der Waals surface area contributed by atoms with E-state index in [2.05, 4.69) is 36.4 Å². The van der Waals surface area contributed by atoms with Gasteiger partial charge >= 0.3 is 0 Å². The molecule has 0 fully saturated rings. The lowest BCUT2D eigenvalue weighted by molar-refractivity contribution is 0.0517. The predicted octanol–water partition coefficient (Wildman–Crippen LogP) is 2.74. The van der Waals surface area contributed by atoms with Crippen LogP contribution in [0.25, 0.3) is 10.1 Å². The molecule has 0 aliphatic carbocycles. The molecule has 3 aromatic rings. The molecule has 0 unspecified atom stereocenters. The molecule has 0 radical (unpaired) electrons. The zero-order chi connectivity index (χ0) is 16.2. The van der Waals surface area contributed by atoms with Crippen LogP contribution < -0.4 is 14.9 Å². The van der Waals surface area contributed by atoms with Crippen LogP contribution in [-0.4, -0.2) is 28.9 Å². The Balaban J connectivity index is 1.90. The maximum Gasteiger partial charge on any atom is 0.188 e. The number of hydrogen-bond acceptors (Lipinski definition) is 4. The maximum absolute atomic E-state index is 5.58. The summed E-state index contributed by atoms with van der Waals surface area (Å²) in [5.41, 5.74) is 2.25. The van der Waals surface area contributed by atoms with Gasteiger partial charge < -0.3 is 14.2 Å². The van der Waals surface area contributed by atoms with Crippen molar-refractivity contribution in [2.24, 2.45) is 0 Å². The van der Waals surface area contributed by atoms with E-state index in [-0.39, 0.29) is 6.79 Å². The van der Waals surface area contributed by atoms with Gasteiger partial charge in [-0.3, -0.25) is 0 Å². The molecule has 1 heterocycles. The van der Waals surface area contributed by atoms with Crippen molar-refractivity contribution in [2.75, 3.05) is 21.0 Å². The summed E-state index contributed by atoms with van der Waals surface area (Å²) in [5, 5.41) is 1.29. The van der Waals surface area contributed by atoms with Gasteiger partial charge in [-0.05, 0) is 28.5 Å². The summed E-state index contributed by atoms with van der Waals surface area (Å²) in [7, 11) is 5.35.